The Morgan fingerprint density at radius 2 is 1.77 bits per heavy atom. The Kier molecular flexibility index (Phi) is 10.7. The first-order valence-corrected chi connectivity index (χ1v) is 13.6. The molecule has 2 aromatic carbocycles. The van der Waals surface area contributed by atoms with Crippen LogP contribution in [-0.2, 0) is 4.79 Å². The van der Waals surface area contributed by atoms with E-state index in [9.17, 15) is 18.0 Å². The number of nitrogen functional groups attached to an aromatic ring is 1. The summed E-state index contributed by atoms with van der Waals surface area (Å²) in [6.07, 6.45) is -3.03. The van der Waals surface area contributed by atoms with E-state index in [0.29, 0.717) is 37.1 Å². The van der Waals surface area contributed by atoms with E-state index in [-0.39, 0.29) is 35.7 Å². The normalized spacial score (nSPS) is 16.8. The summed E-state index contributed by atoms with van der Waals surface area (Å²) in [5.74, 6) is -0.825. The number of rotatable bonds is 9. The molecule has 5 N–H and O–H groups in total. The van der Waals surface area contributed by atoms with E-state index in [1.54, 1.807) is 12.1 Å². The maximum absolute atomic E-state index is 14.2. The summed E-state index contributed by atoms with van der Waals surface area (Å²) in [6, 6.07) is 13.7. The molecule has 1 aliphatic carbocycles. The van der Waals surface area contributed by atoms with Gasteiger partial charge in [-0.2, -0.15) is 18.2 Å². The molecule has 4 rings (SSSR count). The molecule has 12 heteroatoms. The third-order valence-corrected chi connectivity index (χ3v) is 6.81. The molecule has 0 spiro atoms. The van der Waals surface area contributed by atoms with Gasteiger partial charge in [-0.25, -0.2) is 4.98 Å². The highest BCUT2D eigenvalue weighted by molar-refractivity contribution is 5.85. The predicted molar refractivity (Wildman–Crippen MR) is 161 cm³/mol. The molecule has 1 unspecified atom stereocenters. The number of carboxylic acid groups (broad SMARTS) is 1. The molecule has 0 saturated heterocycles. The first kappa shape index (κ1) is 33.7. The van der Waals surface area contributed by atoms with Crippen molar-refractivity contribution in [2.24, 2.45) is 11.7 Å². The molecule has 232 valence electrons. The van der Waals surface area contributed by atoms with Gasteiger partial charge in [0.1, 0.15) is 17.4 Å². The number of carbonyl (C=O) groups is 1. The van der Waals surface area contributed by atoms with E-state index in [2.05, 4.69) is 9.97 Å². The number of nitrogens with zero attached hydrogens (tertiary/aromatic N) is 2. The van der Waals surface area contributed by atoms with Crippen molar-refractivity contribution in [3.05, 3.63) is 71.9 Å². The molecule has 0 bridgehead atoms. The van der Waals surface area contributed by atoms with Gasteiger partial charge in [0, 0.05) is 11.6 Å². The quantitative estimate of drug-likeness (QED) is 0.233. The lowest BCUT2D eigenvalue weighted by molar-refractivity contribution is -0.198. The number of halogens is 4. The van der Waals surface area contributed by atoms with Gasteiger partial charge in [0.2, 0.25) is 17.9 Å². The Morgan fingerprint density at radius 1 is 1.07 bits per heavy atom. The smallest absolute Gasteiger partial charge is 0.429 e. The van der Waals surface area contributed by atoms with Crippen LogP contribution in [0.3, 0.4) is 0 Å². The lowest BCUT2D eigenvalue weighted by atomic mass is 9.84. The summed E-state index contributed by atoms with van der Waals surface area (Å²) in [4.78, 5) is 19.2. The Labute approximate surface area is 254 Å². The molecular formula is C31H36ClF3N4O4. The Morgan fingerprint density at radius 3 is 2.35 bits per heavy atom. The lowest BCUT2D eigenvalue weighted by Crippen LogP contribution is -2.32. The zero-order valence-corrected chi connectivity index (χ0v) is 24.9. The first-order chi connectivity index (χ1) is 19.7. The van der Waals surface area contributed by atoms with Gasteiger partial charge in [0.05, 0.1) is 5.69 Å². The molecule has 0 aliphatic heterocycles. The van der Waals surface area contributed by atoms with E-state index >= 15 is 0 Å². The first-order valence-electron chi connectivity index (χ1n) is 13.6. The number of alkyl halides is 3. The number of anilines is 1. The standard InChI is InChI=1S/C31H35F3N4O4.ClH/c1-30(2,3)42-23-6-4-5-22(16-23)19-11-13-21(14-12-19)27(31(32,33)34)41-26-17-25(37-29(36)38-26)20-9-7-18(8-10-20)15-24(35)28(39)40;/h4-6,9,11-14,16-18,24,27H,7-8,10,15,35H2,1-3H3,(H,39,40)(H2,36,37,38);1H/t18?,24-,27+;/m0./s1. The molecule has 0 amide bonds. The fourth-order valence-electron chi connectivity index (χ4n) is 4.85. The van der Waals surface area contributed by atoms with Gasteiger partial charge in [0.15, 0.2) is 0 Å². The molecule has 3 atom stereocenters. The summed E-state index contributed by atoms with van der Waals surface area (Å²) in [5.41, 5.74) is 13.7. The number of aromatic nitrogens is 2. The zero-order chi connectivity index (χ0) is 30.7. The molecular weight excluding hydrogens is 585 g/mol. The topological polar surface area (TPSA) is 134 Å². The second kappa shape index (κ2) is 13.6. The number of benzene rings is 2. The van der Waals surface area contributed by atoms with Gasteiger partial charge >= 0.3 is 12.1 Å². The van der Waals surface area contributed by atoms with Crippen molar-refractivity contribution in [1.82, 2.24) is 9.97 Å². The summed E-state index contributed by atoms with van der Waals surface area (Å²) < 4.78 is 53.9. The summed E-state index contributed by atoms with van der Waals surface area (Å²) in [5, 5.41) is 9.05. The van der Waals surface area contributed by atoms with Gasteiger partial charge in [-0.05, 0) is 81.2 Å². The van der Waals surface area contributed by atoms with Crippen LogP contribution in [-0.4, -0.2) is 38.9 Å². The van der Waals surface area contributed by atoms with Crippen LogP contribution in [0.5, 0.6) is 11.6 Å². The van der Waals surface area contributed by atoms with Crippen LogP contribution >= 0.6 is 12.4 Å². The SMILES string of the molecule is CC(C)(C)Oc1cccc(-c2ccc([C@@H](Oc3cc(C4=CCC(C[C@H](N)C(=O)O)CC4)nc(N)n3)C(F)(F)F)cc2)c1.Cl. The number of ether oxygens (including phenoxy) is 2. The second-order valence-corrected chi connectivity index (χ2v) is 11.4. The average Bonchev–Trinajstić information content (AvgIpc) is 2.90. The van der Waals surface area contributed by atoms with Gasteiger partial charge < -0.3 is 26.0 Å². The Bertz CT molecular complexity index is 1440. The fourth-order valence-corrected chi connectivity index (χ4v) is 4.85. The van der Waals surface area contributed by atoms with Crippen molar-refractivity contribution >= 4 is 29.9 Å². The van der Waals surface area contributed by atoms with E-state index in [4.69, 9.17) is 26.0 Å². The summed E-state index contributed by atoms with van der Waals surface area (Å²) >= 11 is 0. The van der Waals surface area contributed by atoms with Gasteiger partial charge in [0.25, 0.3) is 0 Å². The molecule has 1 aromatic heterocycles. The molecule has 8 nitrogen and oxygen atoms in total. The van der Waals surface area contributed by atoms with Crippen molar-refractivity contribution in [2.75, 3.05) is 5.73 Å². The minimum absolute atomic E-state index is 0. The highest BCUT2D eigenvalue weighted by atomic mass is 35.5. The number of allylic oxidation sites excluding steroid dienone is 2. The minimum Gasteiger partial charge on any atom is -0.488 e. The number of carboxylic acids is 1. The highest BCUT2D eigenvalue weighted by Crippen LogP contribution is 2.39. The van der Waals surface area contributed by atoms with Gasteiger partial charge in [-0.3, -0.25) is 4.79 Å². The second-order valence-electron chi connectivity index (χ2n) is 11.4. The van der Waals surface area contributed by atoms with Crippen LogP contribution in [0.25, 0.3) is 16.7 Å². The molecule has 0 radical (unpaired) electrons. The number of hydrogen-bond donors (Lipinski definition) is 3. The van der Waals surface area contributed by atoms with Crippen LogP contribution in [0.4, 0.5) is 19.1 Å². The molecule has 1 heterocycles. The van der Waals surface area contributed by atoms with Crippen LogP contribution in [0.15, 0.2) is 60.7 Å². The third kappa shape index (κ3) is 9.33. The van der Waals surface area contributed by atoms with Crippen molar-refractivity contribution < 1.29 is 32.5 Å². The van der Waals surface area contributed by atoms with Crippen LogP contribution < -0.4 is 20.9 Å². The van der Waals surface area contributed by atoms with E-state index in [0.717, 1.165) is 16.7 Å². The van der Waals surface area contributed by atoms with Crippen molar-refractivity contribution in [3.63, 3.8) is 0 Å². The predicted octanol–water partition coefficient (Wildman–Crippen LogP) is 6.99. The maximum atomic E-state index is 14.2. The van der Waals surface area contributed by atoms with Crippen LogP contribution in [0.2, 0.25) is 0 Å². The molecule has 0 saturated carbocycles. The van der Waals surface area contributed by atoms with Gasteiger partial charge in [-0.15, -0.1) is 12.4 Å². The monoisotopic (exact) mass is 620 g/mol. The number of hydrogen-bond acceptors (Lipinski definition) is 7. The Balaban J connectivity index is 0.00000506. The Hall–Kier alpha value is -3.83. The average molecular weight is 621 g/mol. The highest BCUT2D eigenvalue weighted by Gasteiger charge is 2.43. The van der Waals surface area contributed by atoms with Crippen molar-refractivity contribution in [3.8, 4) is 22.8 Å². The van der Waals surface area contributed by atoms with E-state index < -0.39 is 29.9 Å². The fraction of sp³-hybridized carbons (Fsp3) is 0.387. The zero-order valence-electron chi connectivity index (χ0n) is 24.1. The maximum Gasteiger partial charge on any atom is 0.429 e. The summed E-state index contributed by atoms with van der Waals surface area (Å²) in [7, 11) is 0. The van der Waals surface area contributed by atoms with E-state index in [1.807, 2.05) is 51.1 Å². The van der Waals surface area contributed by atoms with Crippen LogP contribution in [0, 0.1) is 5.92 Å². The number of nitrogens with two attached hydrogens (primary N) is 2. The van der Waals surface area contributed by atoms with Crippen LogP contribution in [0.1, 0.15) is 63.8 Å². The van der Waals surface area contributed by atoms with Crippen molar-refractivity contribution in [1.29, 1.82) is 0 Å². The number of aliphatic carboxylic acids is 1. The lowest BCUT2D eigenvalue weighted by Gasteiger charge is -2.24. The minimum atomic E-state index is -4.73. The molecule has 3 aromatic rings. The van der Waals surface area contributed by atoms with Crippen molar-refractivity contribution in [2.45, 2.75) is 70.4 Å². The van der Waals surface area contributed by atoms with E-state index in [1.165, 1.54) is 18.2 Å². The van der Waals surface area contributed by atoms with Gasteiger partial charge in [-0.1, -0.05) is 42.5 Å². The third-order valence-electron chi connectivity index (χ3n) is 6.81. The largest absolute Gasteiger partial charge is 0.488 e. The molecule has 43 heavy (non-hydrogen) atoms. The molecule has 0 fully saturated rings. The molecule has 1 aliphatic rings. The summed E-state index contributed by atoms with van der Waals surface area (Å²) in [6.45, 7) is 5.80.